The van der Waals surface area contributed by atoms with Crippen LogP contribution in [-0.4, -0.2) is 54.9 Å². The Kier molecular flexibility index (Phi) is 7.21. The predicted octanol–water partition coefficient (Wildman–Crippen LogP) is 4.13. The van der Waals surface area contributed by atoms with Gasteiger partial charge in [-0.05, 0) is 43.0 Å². The Morgan fingerprint density at radius 1 is 1.11 bits per heavy atom. The van der Waals surface area contributed by atoms with Gasteiger partial charge < -0.3 is 15.4 Å². The quantitative estimate of drug-likeness (QED) is 0.422. The number of benzene rings is 1. The van der Waals surface area contributed by atoms with Crippen molar-refractivity contribution in [2.24, 2.45) is 5.92 Å². The molecule has 2 aliphatic rings. The molecule has 188 valence electrons. The van der Waals surface area contributed by atoms with Gasteiger partial charge in [-0.3, -0.25) is 13.8 Å². The van der Waals surface area contributed by atoms with Crippen molar-refractivity contribution < 1.29 is 18.5 Å². The van der Waals surface area contributed by atoms with Gasteiger partial charge in [-0.1, -0.05) is 34.8 Å². The van der Waals surface area contributed by atoms with Gasteiger partial charge >= 0.3 is 0 Å². The normalized spacial score (nSPS) is 18.9. The lowest BCUT2D eigenvalue weighted by molar-refractivity contribution is 0.0952. The molecule has 3 aromatic rings. The third-order valence-corrected chi connectivity index (χ3v) is 7.98. The fraction of sp³-hybridized carbons (Fsp3) is 0.304. The maximum atomic E-state index is 13.5. The van der Waals surface area contributed by atoms with Gasteiger partial charge in [-0.25, -0.2) is 9.67 Å². The number of hydrogen-bond donors (Lipinski definition) is 2. The van der Waals surface area contributed by atoms with Gasteiger partial charge in [0.2, 0.25) is 5.88 Å². The van der Waals surface area contributed by atoms with Crippen LogP contribution in [0.15, 0.2) is 36.5 Å². The van der Waals surface area contributed by atoms with E-state index in [0.717, 1.165) is 12.8 Å². The first kappa shape index (κ1) is 25.0. The molecule has 13 heteroatoms. The van der Waals surface area contributed by atoms with Crippen molar-refractivity contribution in [2.75, 3.05) is 23.4 Å². The summed E-state index contributed by atoms with van der Waals surface area (Å²) in [6.45, 7) is 0.536. The number of pyridine rings is 1. The summed E-state index contributed by atoms with van der Waals surface area (Å²) in [7, 11) is -0.918. The van der Waals surface area contributed by atoms with E-state index >= 15 is 0 Å². The lowest BCUT2D eigenvalue weighted by Gasteiger charge is -2.24. The minimum atomic E-state index is -0.918. The summed E-state index contributed by atoms with van der Waals surface area (Å²) in [6.07, 6.45) is 3.39. The molecular weight excluding hydrogens is 549 g/mol. The van der Waals surface area contributed by atoms with E-state index in [-0.39, 0.29) is 49.8 Å². The van der Waals surface area contributed by atoms with Crippen molar-refractivity contribution in [1.29, 1.82) is 0 Å². The van der Waals surface area contributed by atoms with Crippen LogP contribution in [0.1, 0.15) is 33.7 Å². The molecule has 1 saturated carbocycles. The molecule has 1 aromatic carbocycles. The zero-order valence-corrected chi connectivity index (χ0v) is 21.8. The van der Waals surface area contributed by atoms with Crippen LogP contribution in [-0.2, 0) is 10.8 Å². The van der Waals surface area contributed by atoms with E-state index in [1.165, 1.54) is 29.1 Å². The molecule has 0 unspecified atom stereocenters. The van der Waals surface area contributed by atoms with Gasteiger partial charge in [0.15, 0.2) is 5.82 Å². The number of halogens is 3. The largest absolute Gasteiger partial charge is 0.471 e. The van der Waals surface area contributed by atoms with E-state index in [2.05, 4.69) is 20.7 Å². The summed E-state index contributed by atoms with van der Waals surface area (Å²) in [5.41, 5.74) is 0.286. The van der Waals surface area contributed by atoms with Crippen LogP contribution in [0, 0.1) is 5.92 Å². The second kappa shape index (κ2) is 10.4. The molecule has 36 heavy (non-hydrogen) atoms. The van der Waals surface area contributed by atoms with Crippen LogP contribution in [0.25, 0.3) is 5.82 Å². The minimum Gasteiger partial charge on any atom is -0.471 e. The minimum absolute atomic E-state index is 0.0430. The molecule has 1 aliphatic heterocycles. The van der Waals surface area contributed by atoms with Crippen LogP contribution in [0.4, 0.5) is 5.69 Å². The van der Waals surface area contributed by atoms with Crippen LogP contribution >= 0.6 is 34.8 Å². The van der Waals surface area contributed by atoms with Crippen LogP contribution in [0.3, 0.4) is 0 Å². The van der Waals surface area contributed by atoms with E-state index in [9.17, 15) is 13.8 Å². The number of nitrogens with zero attached hydrogens (tertiary/aromatic N) is 3. The molecule has 5 rings (SSSR count). The van der Waals surface area contributed by atoms with Crippen LogP contribution in [0.2, 0.25) is 15.1 Å². The first-order valence-electron chi connectivity index (χ1n) is 11.1. The third-order valence-electron chi connectivity index (χ3n) is 5.68. The highest BCUT2D eigenvalue weighted by Gasteiger charge is 2.30. The first-order chi connectivity index (χ1) is 17.3. The summed E-state index contributed by atoms with van der Waals surface area (Å²) in [5, 5.41) is 10.5. The molecular formula is C23H20Cl3N5O4S. The fourth-order valence-electron chi connectivity index (χ4n) is 3.59. The fourth-order valence-corrected chi connectivity index (χ4v) is 5.20. The third kappa shape index (κ3) is 5.51. The van der Waals surface area contributed by atoms with Crippen LogP contribution < -0.4 is 15.4 Å². The number of amides is 2. The number of hydrogen-bond acceptors (Lipinski definition) is 6. The maximum absolute atomic E-state index is 13.5. The topological polar surface area (TPSA) is 115 Å². The Morgan fingerprint density at radius 3 is 2.58 bits per heavy atom. The number of ether oxygens (including phenoxy) is 1. The number of rotatable bonds is 8. The Balaban J connectivity index is 1.47. The first-order valence-corrected chi connectivity index (χ1v) is 13.7. The number of carbonyl (C=O) groups excluding carboxylic acids is 2. The SMILES string of the molecule is O=C(NCC1CC1)c1cc(Cl)cc(Cl)c1NC(=O)c1cc(OC2CS(=O)C2)nn1-c1ncccc1Cl. The monoisotopic (exact) mass is 567 g/mol. The lowest BCUT2D eigenvalue weighted by Crippen LogP contribution is -2.41. The molecule has 2 aromatic heterocycles. The van der Waals surface area contributed by atoms with Gasteiger partial charge in [-0.2, -0.15) is 0 Å². The lowest BCUT2D eigenvalue weighted by atomic mass is 10.1. The van der Waals surface area contributed by atoms with Gasteiger partial charge in [0.1, 0.15) is 11.8 Å². The average molecular weight is 569 g/mol. The molecule has 0 bridgehead atoms. The molecule has 2 amide bonds. The van der Waals surface area contributed by atoms with Crippen molar-refractivity contribution in [1.82, 2.24) is 20.1 Å². The highest BCUT2D eigenvalue weighted by atomic mass is 35.5. The second-order valence-electron chi connectivity index (χ2n) is 8.52. The highest BCUT2D eigenvalue weighted by molar-refractivity contribution is 7.86. The Hall–Kier alpha value is -2.66. The van der Waals surface area contributed by atoms with E-state index in [4.69, 9.17) is 39.5 Å². The second-order valence-corrected chi connectivity index (χ2v) is 11.3. The van der Waals surface area contributed by atoms with E-state index in [0.29, 0.717) is 24.0 Å². The van der Waals surface area contributed by atoms with Crippen molar-refractivity contribution >= 4 is 63.1 Å². The number of anilines is 1. The summed E-state index contributed by atoms with van der Waals surface area (Å²) in [6, 6.07) is 7.58. The van der Waals surface area contributed by atoms with Crippen molar-refractivity contribution in [3.8, 4) is 11.7 Å². The molecule has 9 nitrogen and oxygen atoms in total. The highest BCUT2D eigenvalue weighted by Crippen LogP contribution is 2.32. The van der Waals surface area contributed by atoms with Gasteiger partial charge in [0.05, 0.1) is 32.8 Å². The average Bonchev–Trinajstić information content (AvgIpc) is 3.56. The summed E-state index contributed by atoms with van der Waals surface area (Å²) >= 11 is 18.9. The Labute approximate surface area is 223 Å². The molecule has 1 aliphatic carbocycles. The van der Waals surface area contributed by atoms with Crippen molar-refractivity contribution in [3.05, 3.63) is 62.9 Å². The molecule has 1 saturated heterocycles. The predicted molar refractivity (Wildman–Crippen MR) is 138 cm³/mol. The van der Waals surface area contributed by atoms with Crippen molar-refractivity contribution in [2.45, 2.75) is 18.9 Å². The smallest absolute Gasteiger partial charge is 0.274 e. The van der Waals surface area contributed by atoms with Gasteiger partial charge in [0.25, 0.3) is 11.8 Å². The molecule has 2 fully saturated rings. The van der Waals surface area contributed by atoms with E-state index < -0.39 is 22.6 Å². The molecule has 2 N–H and O–H groups in total. The number of carbonyl (C=O) groups is 2. The Bertz CT molecular complexity index is 1370. The zero-order valence-electron chi connectivity index (χ0n) is 18.7. The zero-order chi connectivity index (χ0) is 25.4. The van der Waals surface area contributed by atoms with Crippen molar-refractivity contribution in [3.63, 3.8) is 0 Å². The van der Waals surface area contributed by atoms with E-state index in [1.807, 2.05) is 0 Å². The van der Waals surface area contributed by atoms with E-state index in [1.54, 1.807) is 12.1 Å². The summed E-state index contributed by atoms with van der Waals surface area (Å²) < 4.78 is 18.5. The number of aromatic nitrogens is 3. The molecule has 0 atom stereocenters. The maximum Gasteiger partial charge on any atom is 0.274 e. The standard InChI is InChI=1S/C23H20Cl3N5O4S/c24-13-6-15(22(32)28-9-12-3-4-12)20(17(26)7-13)29-23(33)18-8-19(35-14-10-36(34)11-14)30-31(18)21-16(25)2-1-5-27-21/h1-2,5-8,12,14H,3-4,9-11H2,(H,28,32)(H,29,33). The summed E-state index contributed by atoms with van der Waals surface area (Å²) in [4.78, 5) is 30.6. The molecule has 0 spiro atoms. The molecule has 0 radical (unpaired) electrons. The summed E-state index contributed by atoms with van der Waals surface area (Å²) in [5.74, 6) is 0.568. The van der Waals surface area contributed by atoms with Gasteiger partial charge in [0, 0.05) is 34.6 Å². The molecule has 3 heterocycles. The number of nitrogens with one attached hydrogen (secondary N) is 2. The van der Waals surface area contributed by atoms with Crippen LogP contribution in [0.5, 0.6) is 5.88 Å². The van der Waals surface area contributed by atoms with Gasteiger partial charge in [-0.15, -0.1) is 5.10 Å². The Morgan fingerprint density at radius 2 is 1.89 bits per heavy atom.